The molecule has 104 valence electrons. The van der Waals surface area contributed by atoms with E-state index in [0.29, 0.717) is 22.6 Å². The largest absolute Gasteiger partial charge is 0.496 e. The van der Waals surface area contributed by atoms with Crippen LogP contribution in [0.4, 0.5) is 5.69 Å². The van der Waals surface area contributed by atoms with E-state index in [1.54, 1.807) is 25.3 Å². The number of hydrogen-bond donors (Lipinski definition) is 1. The van der Waals surface area contributed by atoms with Gasteiger partial charge in [0.2, 0.25) is 0 Å². The molecule has 0 fully saturated rings. The van der Waals surface area contributed by atoms with Gasteiger partial charge in [0, 0.05) is 11.3 Å². The zero-order chi connectivity index (χ0) is 14.8. The molecule has 0 amide bonds. The molecule has 0 spiro atoms. The lowest BCUT2D eigenvalue weighted by Gasteiger charge is -2.12. The number of carbonyl (C=O) groups is 1. The molecule has 0 atom stereocenters. The van der Waals surface area contributed by atoms with Crippen LogP contribution in [0.15, 0.2) is 60.7 Å². The average molecular weight is 277 g/mol. The zero-order valence-corrected chi connectivity index (χ0v) is 11.7. The van der Waals surface area contributed by atoms with Crippen molar-refractivity contribution in [3.63, 3.8) is 0 Å². The molecule has 3 aromatic rings. The van der Waals surface area contributed by atoms with E-state index in [4.69, 9.17) is 10.5 Å². The summed E-state index contributed by atoms with van der Waals surface area (Å²) in [6.45, 7) is 0. The van der Waals surface area contributed by atoms with Gasteiger partial charge in [-0.15, -0.1) is 0 Å². The molecular formula is C18H15NO2. The van der Waals surface area contributed by atoms with Crippen molar-refractivity contribution in [2.45, 2.75) is 0 Å². The van der Waals surface area contributed by atoms with Crippen LogP contribution in [0.2, 0.25) is 0 Å². The first-order chi connectivity index (χ1) is 10.2. The Labute approximate surface area is 123 Å². The Bertz CT molecular complexity index is 824. The van der Waals surface area contributed by atoms with Crippen LogP contribution >= 0.6 is 0 Å². The van der Waals surface area contributed by atoms with Crippen molar-refractivity contribution in [3.05, 3.63) is 71.8 Å². The molecule has 0 radical (unpaired) electrons. The first-order valence-electron chi connectivity index (χ1n) is 6.67. The fourth-order valence-electron chi connectivity index (χ4n) is 2.49. The number of hydrogen-bond acceptors (Lipinski definition) is 3. The number of anilines is 1. The first kappa shape index (κ1) is 13.2. The molecule has 0 saturated carbocycles. The summed E-state index contributed by atoms with van der Waals surface area (Å²) in [6, 6.07) is 18.6. The maximum Gasteiger partial charge on any atom is 0.199 e. The second kappa shape index (κ2) is 5.29. The van der Waals surface area contributed by atoms with E-state index in [9.17, 15) is 4.79 Å². The molecule has 3 rings (SSSR count). The lowest BCUT2D eigenvalue weighted by atomic mass is 9.95. The van der Waals surface area contributed by atoms with E-state index >= 15 is 0 Å². The summed E-state index contributed by atoms with van der Waals surface area (Å²) in [4.78, 5) is 12.9. The minimum atomic E-state index is -0.123. The molecular weight excluding hydrogens is 262 g/mol. The molecule has 0 saturated heterocycles. The highest BCUT2D eigenvalue weighted by molar-refractivity contribution is 6.20. The number of fused-ring (bicyclic) bond motifs is 1. The Morgan fingerprint density at radius 2 is 1.67 bits per heavy atom. The second-order valence-corrected chi connectivity index (χ2v) is 4.78. The first-order valence-corrected chi connectivity index (χ1v) is 6.67. The number of nitrogen functional groups attached to an aromatic ring is 1. The van der Waals surface area contributed by atoms with Crippen LogP contribution in [0.25, 0.3) is 10.8 Å². The van der Waals surface area contributed by atoms with Crippen molar-refractivity contribution >= 4 is 22.2 Å². The van der Waals surface area contributed by atoms with Gasteiger partial charge >= 0.3 is 0 Å². The van der Waals surface area contributed by atoms with Gasteiger partial charge in [0.25, 0.3) is 0 Å². The molecule has 2 N–H and O–H groups in total. The van der Waals surface area contributed by atoms with Gasteiger partial charge in [0.1, 0.15) is 5.75 Å². The summed E-state index contributed by atoms with van der Waals surface area (Å²) in [5, 5.41) is 1.86. The van der Waals surface area contributed by atoms with E-state index in [0.717, 1.165) is 10.8 Å². The van der Waals surface area contributed by atoms with Gasteiger partial charge in [0.15, 0.2) is 5.78 Å². The molecule has 0 heterocycles. The standard InChI is InChI=1S/C18H15NO2/c1-21-16-11-10-12-6-2-3-7-13(12)17(16)18(20)14-8-4-5-9-15(14)19/h2-11H,19H2,1H3. The van der Waals surface area contributed by atoms with Gasteiger partial charge < -0.3 is 10.5 Å². The Balaban J connectivity index is 2.28. The van der Waals surface area contributed by atoms with Gasteiger partial charge in [-0.05, 0) is 29.0 Å². The van der Waals surface area contributed by atoms with Gasteiger partial charge in [-0.3, -0.25) is 4.79 Å². The summed E-state index contributed by atoms with van der Waals surface area (Å²) in [5.74, 6) is 0.434. The van der Waals surface area contributed by atoms with Crippen LogP contribution in [0.1, 0.15) is 15.9 Å². The van der Waals surface area contributed by atoms with Crippen LogP contribution in [-0.2, 0) is 0 Å². The summed E-state index contributed by atoms with van der Waals surface area (Å²) in [6.07, 6.45) is 0. The smallest absolute Gasteiger partial charge is 0.199 e. The van der Waals surface area contributed by atoms with E-state index in [1.807, 2.05) is 42.5 Å². The predicted molar refractivity (Wildman–Crippen MR) is 84.8 cm³/mol. The third-order valence-electron chi connectivity index (χ3n) is 3.54. The summed E-state index contributed by atoms with van der Waals surface area (Å²) in [7, 11) is 1.56. The van der Waals surface area contributed by atoms with Crippen LogP contribution in [-0.4, -0.2) is 12.9 Å². The Hall–Kier alpha value is -2.81. The maximum absolute atomic E-state index is 12.9. The Morgan fingerprint density at radius 1 is 0.952 bits per heavy atom. The molecule has 0 aliphatic rings. The molecule has 0 aliphatic carbocycles. The molecule has 0 unspecified atom stereocenters. The van der Waals surface area contributed by atoms with Crippen LogP contribution in [0.3, 0.4) is 0 Å². The molecule has 0 aliphatic heterocycles. The number of methoxy groups -OCH3 is 1. The number of ketones is 1. The highest BCUT2D eigenvalue weighted by Gasteiger charge is 2.19. The van der Waals surface area contributed by atoms with Crippen molar-refractivity contribution < 1.29 is 9.53 Å². The molecule has 0 bridgehead atoms. The van der Waals surface area contributed by atoms with Gasteiger partial charge in [-0.25, -0.2) is 0 Å². The maximum atomic E-state index is 12.9. The minimum Gasteiger partial charge on any atom is -0.496 e. The number of ether oxygens (including phenoxy) is 1. The van der Waals surface area contributed by atoms with Gasteiger partial charge in [-0.2, -0.15) is 0 Å². The molecule has 3 heteroatoms. The van der Waals surface area contributed by atoms with Crippen molar-refractivity contribution in [1.29, 1.82) is 0 Å². The second-order valence-electron chi connectivity index (χ2n) is 4.78. The van der Waals surface area contributed by atoms with Crippen LogP contribution < -0.4 is 10.5 Å². The lowest BCUT2D eigenvalue weighted by molar-refractivity contribution is 0.103. The topological polar surface area (TPSA) is 52.3 Å². The Kier molecular flexibility index (Phi) is 3.32. The molecule has 3 aromatic carbocycles. The average Bonchev–Trinajstić information content (AvgIpc) is 2.53. The van der Waals surface area contributed by atoms with Crippen LogP contribution in [0.5, 0.6) is 5.75 Å². The summed E-state index contributed by atoms with van der Waals surface area (Å²) in [5.41, 5.74) is 7.44. The normalized spacial score (nSPS) is 10.5. The predicted octanol–water partition coefficient (Wildman–Crippen LogP) is 3.66. The van der Waals surface area contributed by atoms with Gasteiger partial charge in [-0.1, -0.05) is 42.5 Å². The number of nitrogens with two attached hydrogens (primary N) is 1. The minimum absolute atomic E-state index is 0.123. The number of carbonyl (C=O) groups excluding carboxylic acids is 1. The quantitative estimate of drug-likeness (QED) is 0.587. The number of para-hydroxylation sites is 1. The third kappa shape index (κ3) is 2.23. The molecule has 21 heavy (non-hydrogen) atoms. The van der Waals surface area contributed by atoms with Crippen molar-refractivity contribution in [1.82, 2.24) is 0 Å². The number of rotatable bonds is 3. The van der Waals surface area contributed by atoms with E-state index in [1.165, 1.54) is 0 Å². The highest BCUT2D eigenvalue weighted by Crippen LogP contribution is 2.31. The monoisotopic (exact) mass is 277 g/mol. The highest BCUT2D eigenvalue weighted by atomic mass is 16.5. The van der Waals surface area contributed by atoms with E-state index in [2.05, 4.69) is 0 Å². The van der Waals surface area contributed by atoms with Crippen molar-refractivity contribution in [2.75, 3.05) is 12.8 Å². The van der Waals surface area contributed by atoms with Crippen molar-refractivity contribution in [3.8, 4) is 5.75 Å². The fourth-order valence-corrected chi connectivity index (χ4v) is 2.49. The Morgan fingerprint density at radius 3 is 2.43 bits per heavy atom. The number of benzene rings is 3. The van der Waals surface area contributed by atoms with Crippen LogP contribution in [0, 0.1) is 0 Å². The molecule has 3 nitrogen and oxygen atoms in total. The van der Waals surface area contributed by atoms with E-state index < -0.39 is 0 Å². The summed E-state index contributed by atoms with van der Waals surface area (Å²) < 4.78 is 5.37. The van der Waals surface area contributed by atoms with Crippen molar-refractivity contribution in [2.24, 2.45) is 0 Å². The summed E-state index contributed by atoms with van der Waals surface area (Å²) >= 11 is 0. The zero-order valence-electron chi connectivity index (χ0n) is 11.7. The lowest BCUT2D eigenvalue weighted by Crippen LogP contribution is -2.07. The van der Waals surface area contributed by atoms with Gasteiger partial charge in [0.05, 0.1) is 12.7 Å². The van der Waals surface area contributed by atoms with E-state index in [-0.39, 0.29) is 5.78 Å². The SMILES string of the molecule is COc1ccc2ccccc2c1C(=O)c1ccccc1N. The fraction of sp³-hybridized carbons (Fsp3) is 0.0556. The molecule has 0 aromatic heterocycles. The third-order valence-corrected chi connectivity index (χ3v) is 3.54.